The van der Waals surface area contributed by atoms with Gasteiger partial charge in [-0.05, 0) is 25.7 Å². The van der Waals surface area contributed by atoms with Gasteiger partial charge < -0.3 is 10.6 Å². The largest absolute Gasteiger partial charge is 0.338 e. The van der Waals surface area contributed by atoms with Crippen LogP contribution in [0.5, 0.6) is 0 Å². The molecule has 2 rings (SSSR count). The zero-order valence-electron chi connectivity index (χ0n) is 7.49. The zero-order valence-corrected chi connectivity index (χ0v) is 7.49. The van der Waals surface area contributed by atoms with E-state index in [1.165, 1.54) is 19.3 Å². The van der Waals surface area contributed by atoms with Gasteiger partial charge in [0.2, 0.25) is 5.91 Å². The quantitative estimate of drug-likeness (QED) is 0.614. The van der Waals surface area contributed by atoms with Crippen LogP contribution in [0.1, 0.15) is 26.2 Å². The molecule has 0 radical (unpaired) electrons. The number of hydrogen-bond acceptors (Lipinski definition) is 2. The average Bonchev–Trinajstić information content (AvgIpc) is 2.32. The third kappa shape index (κ3) is 1.04. The van der Waals surface area contributed by atoms with Crippen molar-refractivity contribution in [3.05, 3.63) is 0 Å². The lowest BCUT2D eigenvalue weighted by Crippen LogP contribution is -2.59. The molecule has 0 aromatic rings. The lowest BCUT2D eigenvalue weighted by molar-refractivity contribution is -0.143. The van der Waals surface area contributed by atoms with Gasteiger partial charge in [0.25, 0.3) is 0 Å². The Morgan fingerprint density at radius 1 is 1.58 bits per heavy atom. The van der Waals surface area contributed by atoms with Gasteiger partial charge in [-0.1, -0.05) is 6.42 Å². The molecule has 2 fully saturated rings. The average molecular weight is 168 g/mol. The minimum Gasteiger partial charge on any atom is -0.338 e. The van der Waals surface area contributed by atoms with Crippen molar-refractivity contribution in [2.75, 3.05) is 6.54 Å². The number of fused-ring (bicyclic) bond motifs is 1. The molecule has 1 saturated carbocycles. The number of rotatable bonds is 1. The maximum absolute atomic E-state index is 11.5. The summed E-state index contributed by atoms with van der Waals surface area (Å²) in [6, 6.07) is 0.232. The zero-order chi connectivity index (χ0) is 8.72. The van der Waals surface area contributed by atoms with Gasteiger partial charge in [0.1, 0.15) is 0 Å². The van der Waals surface area contributed by atoms with Crippen LogP contribution < -0.4 is 5.73 Å². The molecule has 0 bridgehead atoms. The molecule has 2 unspecified atom stereocenters. The second-order valence-electron chi connectivity index (χ2n) is 4.04. The van der Waals surface area contributed by atoms with Gasteiger partial charge >= 0.3 is 0 Å². The first-order chi connectivity index (χ1) is 5.70. The molecule has 0 spiro atoms. The molecule has 1 saturated heterocycles. The van der Waals surface area contributed by atoms with Crippen LogP contribution in [0.4, 0.5) is 0 Å². The van der Waals surface area contributed by atoms with Crippen molar-refractivity contribution in [3.8, 4) is 0 Å². The van der Waals surface area contributed by atoms with Crippen molar-refractivity contribution in [2.24, 2.45) is 11.7 Å². The van der Waals surface area contributed by atoms with E-state index >= 15 is 0 Å². The molecule has 1 amide bonds. The van der Waals surface area contributed by atoms with E-state index in [-0.39, 0.29) is 11.9 Å². The SMILES string of the molecule is C[C@@H](N)C(=O)N1CC2CCCC21. The molecule has 3 atom stereocenters. The Hall–Kier alpha value is -0.570. The Kier molecular flexibility index (Phi) is 1.83. The summed E-state index contributed by atoms with van der Waals surface area (Å²) >= 11 is 0. The summed E-state index contributed by atoms with van der Waals surface area (Å²) in [5.74, 6) is 0.936. The van der Waals surface area contributed by atoms with E-state index in [2.05, 4.69) is 0 Å². The number of carbonyl (C=O) groups excluding carboxylic acids is 1. The summed E-state index contributed by atoms with van der Waals surface area (Å²) in [7, 11) is 0. The summed E-state index contributed by atoms with van der Waals surface area (Å²) < 4.78 is 0. The fraction of sp³-hybridized carbons (Fsp3) is 0.889. The van der Waals surface area contributed by atoms with E-state index in [9.17, 15) is 4.79 Å². The minimum atomic E-state index is -0.313. The van der Waals surface area contributed by atoms with E-state index in [1.54, 1.807) is 6.92 Å². The van der Waals surface area contributed by atoms with Crippen LogP contribution in [0.15, 0.2) is 0 Å². The van der Waals surface area contributed by atoms with Crippen LogP contribution in [0.2, 0.25) is 0 Å². The third-order valence-corrected chi connectivity index (χ3v) is 3.12. The fourth-order valence-corrected chi connectivity index (χ4v) is 2.41. The van der Waals surface area contributed by atoms with Crippen molar-refractivity contribution in [1.29, 1.82) is 0 Å². The van der Waals surface area contributed by atoms with Crippen LogP contribution >= 0.6 is 0 Å². The molecule has 2 aliphatic rings. The minimum absolute atomic E-state index is 0.137. The van der Waals surface area contributed by atoms with Gasteiger partial charge in [0.15, 0.2) is 0 Å². The highest BCUT2D eigenvalue weighted by Crippen LogP contribution is 2.38. The number of amides is 1. The van der Waals surface area contributed by atoms with Crippen LogP contribution in [0, 0.1) is 5.92 Å². The molecular formula is C9H16N2O. The molecule has 3 nitrogen and oxygen atoms in total. The highest BCUT2D eigenvalue weighted by molar-refractivity contribution is 5.82. The number of nitrogens with two attached hydrogens (primary N) is 1. The lowest BCUT2D eigenvalue weighted by atomic mass is 9.91. The highest BCUT2D eigenvalue weighted by Gasteiger charge is 2.44. The van der Waals surface area contributed by atoms with E-state index < -0.39 is 0 Å². The van der Waals surface area contributed by atoms with Crippen LogP contribution in [0.3, 0.4) is 0 Å². The van der Waals surface area contributed by atoms with E-state index in [4.69, 9.17) is 5.73 Å². The van der Waals surface area contributed by atoms with E-state index in [0.717, 1.165) is 12.5 Å². The summed E-state index contributed by atoms with van der Waals surface area (Å²) in [5.41, 5.74) is 5.54. The number of hydrogen-bond donors (Lipinski definition) is 1. The second kappa shape index (κ2) is 2.73. The monoisotopic (exact) mass is 168 g/mol. The second-order valence-corrected chi connectivity index (χ2v) is 4.04. The van der Waals surface area contributed by atoms with Crippen molar-refractivity contribution in [1.82, 2.24) is 4.90 Å². The molecule has 0 aromatic heterocycles. The normalized spacial score (nSPS) is 35.7. The Morgan fingerprint density at radius 2 is 2.33 bits per heavy atom. The van der Waals surface area contributed by atoms with Crippen LogP contribution in [-0.4, -0.2) is 29.4 Å². The molecule has 1 heterocycles. The predicted molar refractivity (Wildman–Crippen MR) is 46.5 cm³/mol. The number of likely N-dealkylation sites (tertiary alicyclic amines) is 1. The molecule has 0 aromatic carbocycles. The summed E-state index contributed by atoms with van der Waals surface area (Å²) in [6.45, 7) is 2.73. The fourth-order valence-electron chi connectivity index (χ4n) is 2.41. The molecule has 1 aliphatic carbocycles. The molecule has 68 valence electrons. The molecule has 12 heavy (non-hydrogen) atoms. The predicted octanol–water partition coefficient (Wildman–Crippen LogP) is 0.344. The van der Waals surface area contributed by atoms with Gasteiger partial charge in [0, 0.05) is 12.6 Å². The third-order valence-electron chi connectivity index (χ3n) is 3.12. The molecular weight excluding hydrogens is 152 g/mol. The maximum Gasteiger partial charge on any atom is 0.239 e. The van der Waals surface area contributed by atoms with Gasteiger partial charge in [-0.25, -0.2) is 0 Å². The maximum atomic E-state index is 11.5. The van der Waals surface area contributed by atoms with Gasteiger partial charge in [-0.3, -0.25) is 4.79 Å². The Bertz CT molecular complexity index is 203. The first-order valence-electron chi connectivity index (χ1n) is 4.76. The first-order valence-corrected chi connectivity index (χ1v) is 4.76. The standard InChI is InChI=1S/C9H16N2O/c1-6(10)9(12)11-5-7-3-2-4-8(7)11/h6-8H,2-5,10H2,1H3/t6-,7?,8?/m1/s1. The van der Waals surface area contributed by atoms with Gasteiger partial charge in [0.05, 0.1) is 6.04 Å². The van der Waals surface area contributed by atoms with Gasteiger partial charge in [-0.2, -0.15) is 0 Å². The number of nitrogens with zero attached hydrogens (tertiary/aromatic N) is 1. The molecule has 3 heteroatoms. The van der Waals surface area contributed by atoms with Crippen molar-refractivity contribution >= 4 is 5.91 Å². The Morgan fingerprint density at radius 3 is 2.92 bits per heavy atom. The summed E-state index contributed by atoms with van der Waals surface area (Å²) in [6.07, 6.45) is 3.80. The summed E-state index contributed by atoms with van der Waals surface area (Å²) in [4.78, 5) is 13.4. The van der Waals surface area contributed by atoms with Crippen LogP contribution in [0.25, 0.3) is 0 Å². The van der Waals surface area contributed by atoms with E-state index in [1.807, 2.05) is 4.90 Å². The van der Waals surface area contributed by atoms with Crippen molar-refractivity contribution in [2.45, 2.75) is 38.3 Å². The topological polar surface area (TPSA) is 46.3 Å². The highest BCUT2D eigenvalue weighted by atomic mass is 16.2. The van der Waals surface area contributed by atoms with Crippen molar-refractivity contribution < 1.29 is 4.79 Å². The molecule has 2 N–H and O–H groups in total. The van der Waals surface area contributed by atoms with E-state index in [0.29, 0.717) is 6.04 Å². The summed E-state index contributed by atoms with van der Waals surface area (Å²) in [5, 5.41) is 0. The lowest BCUT2D eigenvalue weighted by Gasteiger charge is -2.45. The first kappa shape index (κ1) is 8.05. The van der Waals surface area contributed by atoms with Crippen molar-refractivity contribution in [3.63, 3.8) is 0 Å². The van der Waals surface area contributed by atoms with Crippen LogP contribution in [-0.2, 0) is 4.79 Å². The van der Waals surface area contributed by atoms with Gasteiger partial charge in [-0.15, -0.1) is 0 Å². The molecule has 1 aliphatic heterocycles. The smallest absolute Gasteiger partial charge is 0.239 e. The number of carbonyl (C=O) groups is 1. The Balaban J connectivity index is 1.95. The Labute approximate surface area is 72.9 Å².